The van der Waals surface area contributed by atoms with E-state index < -0.39 is 0 Å². The Balaban J connectivity index is 1.84. The fraction of sp³-hybridized carbons (Fsp3) is 0.818. The molecule has 0 saturated heterocycles. The van der Waals surface area contributed by atoms with Crippen molar-refractivity contribution in [3.63, 3.8) is 0 Å². The Labute approximate surface area is 224 Å². The molecule has 1 unspecified atom stereocenters. The van der Waals surface area contributed by atoms with Gasteiger partial charge in [-0.2, -0.15) is 0 Å². The lowest BCUT2D eigenvalue weighted by Gasteiger charge is -2.15. The molecule has 0 aliphatic carbocycles. The molecule has 0 amide bonds. The van der Waals surface area contributed by atoms with Gasteiger partial charge in [0.05, 0.1) is 0 Å². The van der Waals surface area contributed by atoms with Crippen LogP contribution in [0.1, 0.15) is 155 Å². The summed E-state index contributed by atoms with van der Waals surface area (Å²) in [5, 5.41) is 9.44. The standard InChI is InChI=1S/C33H60O3/c1-2-3-4-5-6-7-8-9-10-11-12-13-14-15-16-19-22-25-32(28-29-34)26-23-20-17-18-21-24-27-33-35-30-31-36-33/h6-7,9-10,30-34H,2-5,8,11-29H2,1H3/b7-6-,10-9-. The zero-order valence-electron chi connectivity index (χ0n) is 23.9. The average molecular weight is 505 g/mol. The third kappa shape index (κ3) is 22.0. The van der Waals surface area contributed by atoms with E-state index in [9.17, 15) is 5.11 Å². The summed E-state index contributed by atoms with van der Waals surface area (Å²) in [6.07, 6.45) is 42.2. The molecule has 3 nitrogen and oxygen atoms in total. The molecule has 0 fully saturated rings. The number of aliphatic hydroxyl groups excluding tert-OH is 1. The van der Waals surface area contributed by atoms with Crippen molar-refractivity contribution in [2.75, 3.05) is 6.61 Å². The molecule has 1 heterocycles. The van der Waals surface area contributed by atoms with Crippen LogP contribution in [0, 0.1) is 5.92 Å². The summed E-state index contributed by atoms with van der Waals surface area (Å²) in [6.45, 7) is 2.62. The summed E-state index contributed by atoms with van der Waals surface area (Å²) < 4.78 is 10.6. The molecule has 210 valence electrons. The summed E-state index contributed by atoms with van der Waals surface area (Å²) in [7, 11) is 0. The number of rotatable bonds is 27. The first kappa shape index (κ1) is 32.8. The van der Waals surface area contributed by atoms with E-state index in [0.29, 0.717) is 6.61 Å². The Morgan fingerprint density at radius 1 is 0.611 bits per heavy atom. The van der Waals surface area contributed by atoms with E-state index in [0.717, 1.165) is 25.2 Å². The average Bonchev–Trinajstić information content (AvgIpc) is 3.41. The van der Waals surface area contributed by atoms with Crippen molar-refractivity contribution in [3.8, 4) is 0 Å². The van der Waals surface area contributed by atoms with Crippen molar-refractivity contribution in [2.45, 2.75) is 161 Å². The highest BCUT2D eigenvalue weighted by atomic mass is 16.7. The van der Waals surface area contributed by atoms with E-state index in [-0.39, 0.29) is 6.29 Å². The highest BCUT2D eigenvalue weighted by molar-refractivity contribution is 4.92. The van der Waals surface area contributed by atoms with Gasteiger partial charge in [0.15, 0.2) is 0 Å². The number of aliphatic hydroxyl groups is 1. The molecule has 0 spiro atoms. The number of allylic oxidation sites excluding steroid dienone is 4. The van der Waals surface area contributed by atoms with Crippen LogP contribution >= 0.6 is 0 Å². The van der Waals surface area contributed by atoms with Gasteiger partial charge in [-0.1, -0.05) is 128 Å². The van der Waals surface area contributed by atoms with E-state index in [2.05, 4.69) is 31.2 Å². The predicted molar refractivity (Wildman–Crippen MR) is 156 cm³/mol. The summed E-state index contributed by atoms with van der Waals surface area (Å²) >= 11 is 0. The topological polar surface area (TPSA) is 38.7 Å². The molecule has 0 aromatic rings. The zero-order valence-corrected chi connectivity index (χ0v) is 23.9. The van der Waals surface area contributed by atoms with Crippen LogP contribution in [-0.4, -0.2) is 18.0 Å². The van der Waals surface area contributed by atoms with Gasteiger partial charge in [-0.3, -0.25) is 0 Å². The molecule has 1 rings (SSSR count). The van der Waals surface area contributed by atoms with Gasteiger partial charge in [-0.05, 0) is 50.9 Å². The van der Waals surface area contributed by atoms with Crippen molar-refractivity contribution >= 4 is 0 Å². The van der Waals surface area contributed by atoms with Gasteiger partial charge >= 0.3 is 0 Å². The molecule has 0 bridgehead atoms. The molecule has 36 heavy (non-hydrogen) atoms. The Bertz CT molecular complexity index is 517. The normalized spacial score (nSPS) is 14.7. The zero-order chi connectivity index (χ0) is 25.8. The molecule has 0 aromatic heterocycles. The van der Waals surface area contributed by atoms with Crippen molar-refractivity contribution in [3.05, 3.63) is 36.8 Å². The minimum Gasteiger partial charge on any atom is -0.459 e. The van der Waals surface area contributed by atoms with Crippen LogP contribution in [-0.2, 0) is 9.47 Å². The van der Waals surface area contributed by atoms with Crippen LogP contribution in [0.4, 0.5) is 0 Å². The van der Waals surface area contributed by atoms with E-state index in [1.807, 2.05) is 0 Å². The molecular formula is C33H60O3. The number of ether oxygens (including phenoxy) is 2. The highest BCUT2D eigenvalue weighted by Crippen LogP contribution is 2.22. The van der Waals surface area contributed by atoms with E-state index in [1.165, 1.54) is 128 Å². The van der Waals surface area contributed by atoms with Crippen LogP contribution in [0.3, 0.4) is 0 Å². The van der Waals surface area contributed by atoms with Crippen LogP contribution in [0.2, 0.25) is 0 Å². The van der Waals surface area contributed by atoms with Crippen molar-refractivity contribution in [2.24, 2.45) is 5.92 Å². The van der Waals surface area contributed by atoms with Crippen LogP contribution in [0.25, 0.3) is 0 Å². The maximum atomic E-state index is 9.44. The molecule has 1 aliphatic rings. The van der Waals surface area contributed by atoms with E-state index in [4.69, 9.17) is 9.47 Å². The maximum Gasteiger partial charge on any atom is 0.239 e. The summed E-state index contributed by atoms with van der Waals surface area (Å²) in [5.74, 6) is 0.733. The fourth-order valence-electron chi connectivity index (χ4n) is 5.07. The SMILES string of the molecule is CCCCC/C=C\C/C=C\CCCCCCCCCC(CCO)CCCCCCCCC1OC=CO1. The molecule has 0 radical (unpaired) electrons. The van der Waals surface area contributed by atoms with E-state index >= 15 is 0 Å². The first-order chi connectivity index (χ1) is 17.9. The third-order valence-electron chi connectivity index (χ3n) is 7.42. The largest absolute Gasteiger partial charge is 0.459 e. The molecule has 3 heteroatoms. The first-order valence-electron chi connectivity index (χ1n) is 15.7. The third-order valence-corrected chi connectivity index (χ3v) is 7.42. The highest BCUT2D eigenvalue weighted by Gasteiger charge is 2.11. The van der Waals surface area contributed by atoms with Crippen LogP contribution < -0.4 is 0 Å². The van der Waals surface area contributed by atoms with Crippen LogP contribution in [0.5, 0.6) is 0 Å². The van der Waals surface area contributed by atoms with Gasteiger partial charge in [0.25, 0.3) is 0 Å². The minimum absolute atomic E-state index is 0.0333. The fourth-order valence-corrected chi connectivity index (χ4v) is 5.07. The minimum atomic E-state index is -0.0333. The second-order valence-corrected chi connectivity index (χ2v) is 10.8. The summed E-state index contributed by atoms with van der Waals surface area (Å²) in [6, 6.07) is 0. The number of unbranched alkanes of at least 4 members (excludes halogenated alkanes) is 15. The Kier molecular flexibility index (Phi) is 24.5. The summed E-state index contributed by atoms with van der Waals surface area (Å²) in [4.78, 5) is 0. The number of hydrogen-bond donors (Lipinski definition) is 1. The molecule has 0 aromatic carbocycles. The van der Waals surface area contributed by atoms with Gasteiger partial charge in [-0.25, -0.2) is 0 Å². The predicted octanol–water partition coefficient (Wildman–Crippen LogP) is 10.5. The lowest BCUT2D eigenvalue weighted by Crippen LogP contribution is -2.06. The van der Waals surface area contributed by atoms with Crippen molar-refractivity contribution in [1.29, 1.82) is 0 Å². The molecule has 1 N–H and O–H groups in total. The monoisotopic (exact) mass is 504 g/mol. The van der Waals surface area contributed by atoms with Gasteiger partial charge < -0.3 is 14.6 Å². The lowest BCUT2D eigenvalue weighted by atomic mass is 9.91. The Morgan fingerprint density at radius 2 is 1.11 bits per heavy atom. The second kappa shape index (κ2) is 26.8. The van der Waals surface area contributed by atoms with Gasteiger partial charge in [0.2, 0.25) is 6.29 Å². The Hall–Kier alpha value is -1.22. The van der Waals surface area contributed by atoms with Crippen molar-refractivity contribution < 1.29 is 14.6 Å². The number of hydrogen-bond acceptors (Lipinski definition) is 3. The Morgan fingerprint density at radius 3 is 1.67 bits per heavy atom. The first-order valence-corrected chi connectivity index (χ1v) is 15.7. The van der Waals surface area contributed by atoms with Gasteiger partial charge in [0, 0.05) is 13.0 Å². The lowest BCUT2D eigenvalue weighted by molar-refractivity contribution is -0.0295. The quantitative estimate of drug-likeness (QED) is 0.0893. The van der Waals surface area contributed by atoms with Gasteiger partial charge in [0.1, 0.15) is 12.5 Å². The summed E-state index contributed by atoms with van der Waals surface area (Å²) in [5.41, 5.74) is 0. The van der Waals surface area contributed by atoms with Crippen LogP contribution in [0.15, 0.2) is 36.8 Å². The maximum absolute atomic E-state index is 9.44. The van der Waals surface area contributed by atoms with Crippen molar-refractivity contribution in [1.82, 2.24) is 0 Å². The smallest absolute Gasteiger partial charge is 0.239 e. The second-order valence-electron chi connectivity index (χ2n) is 10.8. The molecule has 1 atom stereocenters. The van der Waals surface area contributed by atoms with E-state index in [1.54, 1.807) is 12.5 Å². The van der Waals surface area contributed by atoms with Gasteiger partial charge in [-0.15, -0.1) is 0 Å². The molecule has 0 saturated carbocycles. The molecular weight excluding hydrogens is 444 g/mol. The molecule has 1 aliphatic heterocycles.